The van der Waals surface area contributed by atoms with E-state index in [2.05, 4.69) is 9.97 Å². The van der Waals surface area contributed by atoms with E-state index >= 15 is 0 Å². The van der Waals surface area contributed by atoms with Gasteiger partial charge in [0.1, 0.15) is 5.82 Å². The summed E-state index contributed by atoms with van der Waals surface area (Å²) >= 11 is 0. The second kappa shape index (κ2) is 5.39. The fraction of sp³-hybridized carbons (Fsp3) is 0.692. The van der Waals surface area contributed by atoms with Crippen LogP contribution in [0, 0.1) is 12.8 Å². The normalized spacial score (nSPS) is 20.4. The number of aliphatic hydroxyl groups is 1. The van der Waals surface area contributed by atoms with E-state index in [1.807, 2.05) is 13.0 Å². The van der Waals surface area contributed by atoms with Gasteiger partial charge in [-0.15, -0.1) is 0 Å². The lowest BCUT2D eigenvalue weighted by Crippen LogP contribution is -2.14. The summed E-state index contributed by atoms with van der Waals surface area (Å²) in [6, 6.07) is 1.84. The average Bonchev–Trinajstić information content (AvgIpc) is 2.56. The van der Waals surface area contributed by atoms with Gasteiger partial charge in [-0.3, -0.25) is 0 Å². The molecule has 2 rings (SSSR count). The van der Waals surface area contributed by atoms with Crippen molar-refractivity contribution in [2.75, 3.05) is 0 Å². The van der Waals surface area contributed by atoms with Gasteiger partial charge in [-0.2, -0.15) is 0 Å². The van der Waals surface area contributed by atoms with Crippen molar-refractivity contribution in [1.29, 1.82) is 0 Å². The topological polar surface area (TPSA) is 46.0 Å². The van der Waals surface area contributed by atoms with E-state index in [0.29, 0.717) is 5.92 Å². The molecule has 0 spiro atoms. The van der Waals surface area contributed by atoms with Crippen molar-refractivity contribution >= 4 is 0 Å². The van der Waals surface area contributed by atoms with Crippen LogP contribution in [0.1, 0.15) is 56.1 Å². The molecule has 88 valence electrons. The number of rotatable bonds is 2. The van der Waals surface area contributed by atoms with Crippen LogP contribution in [0.2, 0.25) is 0 Å². The van der Waals surface area contributed by atoms with Crippen LogP contribution in [0.15, 0.2) is 12.3 Å². The van der Waals surface area contributed by atoms with Gasteiger partial charge in [0, 0.05) is 6.20 Å². The lowest BCUT2D eigenvalue weighted by molar-refractivity contribution is 0.0945. The molecule has 1 aromatic heterocycles. The molecule has 16 heavy (non-hydrogen) atoms. The highest BCUT2D eigenvalue weighted by Crippen LogP contribution is 2.32. The predicted molar refractivity (Wildman–Crippen MR) is 62.9 cm³/mol. The summed E-state index contributed by atoms with van der Waals surface area (Å²) in [4.78, 5) is 8.38. The first-order chi connectivity index (χ1) is 7.77. The molecule has 0 bridgehead atoms. The maximum absolute atomic E-state index is 10.3. The fourth-order valence-corrected chi connectivity index (χ4v) is 2.51. The van der Waals surface area contributed by atoms with Crippen molar-refractivity contribution in [3.8, 4) is 0 Å². The molecular formula is C13H20N2O. The predicted octanol–water partition coefficient (Wildman–Crippen LogP) is 2.79. The van der Waals surface area contributed by atoms with Crippen molar-refractivity contribution in [3.05, 3.63) is 23.8 Å². The zero-order valence-electron chi connectivity index (χ0n) is 9.89. The van der Waals surface area contributed by atoms with Gasteiger partial charge in [-0.25, -0.2) is 9.97 Å². The number of aryl methyl sites for hydroxylation is 1. The molecule has 3 nitrogen and oxygen atoms in total. The van der Waals surface area contributed by atoms with E-state index in [-0.39, 0.29) is 0 Å². The summed E-state index contributed by atoms with van der Waals surface area (Å²) in [5.74, 6) is 1.13. The van der Waals surface area contributed by atoms with E-state index in [0.717, 1.165) is 24.4 Å². The molecule has 0 aromatic carbocycles. The number of hydrogen-bond donors (Lipinski definition) is 1. The first kappa shape index (κ1) is 11.5. The molecule has 1 aliphatic carbocycles. The summed E-state index contributed by atoms with van der Waals surface area (Å²) < 4.78 is 0. The molecule has 1 aromatic rings. The van der Waals surface area contributed by atoms with Crippen molar-refractivity contribution in [3.63, 3.8) is 0 Å². The van der Waals surface area contributed by atoms with Gasteiger partial charge in [-0.1, -0.05) is 25.7 Å². The summed E-state index contributed by atoms with van der Waals surface area (Å²) in [5, 5.41) is 10.3. The standard InChI is InChI=1S/C13H20N2O/c1-10-14-9-8-12(15-10)13(16)11-6-4-2-3-5-7-11/h8-9,11,13,16H,2-7H2,1H3. The Balaban J connectivity index is 2.07. The highest BCUT2D eigenvalue weighted by atomic mass is 16.3. The van der Waals surface area contributed by atoms with Gasteiger partial charge >= 0.3 is 0 Å². The average molecular weight is 220 g/mol. The van der Waals surface area contributed by atoms with Crippen LogP contribution in [-0.2, 0) is 0 Å². The Morgan fingerprint density at radius 1 is 1.25 bits per heavy atom. The molecule has 3 heteroatoms. The molecule has 0 radical (unpaired) electrons. The maximum atomic E-state index is 10.3. The van der Waals surface area contributed by atoms with E-state index < -0.39 is 6.10 Å². The molecule has 0 amide bonds. The Morgan fingerprint density at radius 3 is 2.56 bits per heavy atom. The summed E-state index contributed by atoms with van der Waals surface area (Å²) in [6.45, 7) is 1.86. The smallest absolute Gasteiger partial charge is 0.125 e. The number of nitrogens with zero attached hydrogens (tertiary/aromatic N) is 2. The number of aliphatic hydroxyl groups excluding tert-OH is 1. The highest BCUT2D eigenvalue weighted by molar-refractivity contribution is 5.06. The third-order valence-electron chi connectivity index (χ3n) is 3.45. The lowest BCUT2D eigenvalue weighted by Gasteiger charge is -2.20. The quantitative estimate of drug-likeness (QED) is 0.779. The molecule has 0 aliphatic heterocycles. The van der Waals surface area contributed by atoms with Gasteiger partial charge in [0.25, 0.3) is 0 Å². The van der Waals surface area contributed by atoms with Gasteiger partial charge in [0.15, 0.2) is 0 Å². The van der Waals surface area contributed by atoms with Crippen LogP contribution in [0.25, 0.3) is 0 Å². The van der Waals surface area contributed by atoms with Crippen molar-refractivity contribution < 1.29 is 5.11 Å². The summed E-state index contributed by atoms with van der Waals surface area (Å²) in [7, 11) is 0. The second-order valence-electron chi connectivity index (χ2n) is 4.73. The van der Waals surface area contributed by atoms with Gasteiger partial charge < -0.3 is 5.11 Å². The minimum absolute atomic E-state index is 0.386. The third-order valence-corrected chi connectivity index (χ3v) is 3.45. The molecule has 1 aliphatic rings. The number of aromatic nitrogens is 2. The van der Waals surface area contributed by atoms with Crippen LogP contribution >= 0.6 is 0 Å². The molecule has 1 atom stereocenters. The van der Waals surface area contributed by atoms with Crippen molar-refractivity contribution in [2.24, 2.45) is 5.92 Å². The van der Waals surface area contributed by atoms with E-state index in [4.69, 9.17) is 0 Å². The van der Waals surface area contributed by atoms with Crippen molar-refractivity contribution in [1.82, 2.24) is 9.97 Å². The molecule has 1 saturated carbocycles. The fourth-order valence-electron chi connectivity index (χ4n) is 2.51. The summed E-state index contributed by atoms with van der Waals surface area (Å²) in [6.07, 6.45) is 8.70. The van der Waals surface area contributed by atoms with Crippen LogP contribution in [0.3, 0.4) is 0 Å². The zero-order valence-corrected chi connectivity index (χ0v) is 9.89. The minimum Gasteiger partial charge on any atom is -0.387 e. The monoisotopic (exact) mass is 220 g/mol. The molecule has 1 N–H and O–H groups in total. The molecule has 1 unspecified atom stereocenters. The SMILES string of the molecule is Cc1nccc(C(O)C2CCCCCC2)n1. The second-order valence-corrected chi connectivity index (χ2v) is 4.73. The zero-order chi connectivity index (χ0) is 11.4. The van der Waals surface area contributed by atoms with Crippen LogP contribution < -0.4 is 0 Å². The molecular weight excluding hydrogens is 200 g/mol. The Bertz CT molecular complexity index is 332. The van der Waals surface area contributed by atoms with Crippen molar-refractivity contribution in [2.45, 2.75) is 51.6 Å². The minimum atomic E-state index is -0.403. The van der Waals surface area contributed by atoms with E-state index in [1.165, 1.54) is 25.7 Å². The van der Waals surface area contributed by atoms with Crippen LogP contribution in [-0.4, -0.2) is 15.1 Å². The lowest BCUT2D eigenvalue weighted by atomic mass is 9.92. The van der Waals surface area contributed by atoms with Crippen LogP contribution in [0.5, 0.6) is 0 Å². The molecule has 1 fully saturated rings. The maximum Gasteiger partial charge on any atom is 0.125 e. The third kappa shape index (κ3) is 2.79. The Labute approximate surface area is 96.9 Å². The van der Waals surface area contributed by atoms with E-state index in [9.17, 15) is 5.11 Å². The highest BCUT2D eigenvalue weighted by Gasteiger charge is 2.23. The first-order valence-electron chi connectivity index (χ1n) is 6.25. The van der Waals surface area contributed by atoms with Gasteiger partial charge in [0.05, 0.1) is 11.8 Å². The Hall–Kier alpha value is -0.960. The van der Waals surface area contributed by atoms with Gasteiger partial charge in [0.2, 0.25) is 0 Å². The van der Waals surface area contributed by atoms with Gasteiger partial charge in [-0.05, 0) is 31.7 Å². The first-order valence-corrected chi connectivity index (χ1v) is 6.25. The Morgan fingerprint density at radius 2 is 1.94 bits per heavy atom. The largest absolute Gasteiger partial charge is 0.387 e. The molecule has 1 heterocycles. The number of hydrogen-bond acceptors (Lipinski definition) is 3. The molecule has 0 saturated heterocycles. The summed E-state index contributed by atoms with van der Waals surface area (Å²) in [5.41, 5.74) is 0.791. The van der Waals surface area contributed by atoms with E-state index in [1.54, 1.807) is 6.20 Å². The Kier molecular flexibility index (Phi) is 3.88. The van der Waals surface area contributed by atoms with Crippen LogP contribution in [0.4, 0.5) is 0 Å².